The van der Waals surface area contributed by atoms with Gasteiger partial charge in [-0.3, -0.25) is 0 Å². The monoisotopic (exact) mass is 362 g/mol. The minimum absolute atomic E-state index is 0.0137. The fourth-order valence-corrected chi connectivity index (χ4v) is 2.26. The maximum Gasteiger partial charge on any atom is 0.359 e. The smallest absolute Gasteiger partial charge is 0.359 e. The first-order chi connectivity index (χ1) is 10.7. The second-order valence-electron chi connectivity index (χ2n) is 4.66. The van der Waals surface area contributed by atoms with Gasteiger partial charge in [0.05, 0.1) is 12.3 Å². The van der Waals surface area contributed by atoms with Crippen LogP contribution in [-0.2, 0) is 4.74 Å². The molecule has 0 amide bonds. The summed E-state index contributed by atoms with van der Waals surface area (Å²) in [5, 5.41) is 2.85. The number of benzene rings is 1. The Labute approximate surface area is 136 Å². The van der Waals surface area contributed by atoms with Gasteiger partial charge >= 0.3 is 5.97 Å². The molecule has 0 unspecified atom stereocenters. The summed E-state index contributed by atoms with van der Waals surface area (Å²) < 4.78 is 6.02. The Morgan fingerprint density at radius 3 is 2.82 bits per heavy atom. The number of nitrogens with zero attached hydrogens (tertiary/aromatic N) is 2. The van der Waals surface area contributed by atoms with Crippen molar-refractivity contribution < 1.29 is 9.53 Å². The third kappa shape index (κ3) is 3.98. The first kappa shape index (κ1) is 16.3. The van der Waals surface area contributed by atoms with E-state index in [0.29, 0.717) is 12.3 Å². The molecule has 0 aliphatic carbocycles. The van der Waals surface area contributed by atoms with Gasteiger partial charge in [-0.15, -0.1) is 4.91 Å². The van der Waals surface area contributed by atoms with E-state index in [1.54, 1.807) is 6.07 Å². The highest BCUT2D eigenvalue weighted by Gasteiger charge is 2.17. The predicted octanol–water partition coefficient (Wildman–Crippen LogP) is 4.87. The molecule has 0 spiro atoms. The van der Waals surface area contributed by atoms with Crippen LogP contribution in [-0.4, -0.2) is 17.6 Å². The molecule has 2 rings (SSSR count). The zero-order valence-electron chi connectivity index (χ0n) is 12.1. The average molecular weight is 363 g/mol. The van der Waals surface area contributed by atoms with Gasteiger partial charge in [0, 0.05) is 10.0 Å². The van der Waals surface area contributed by atoms with Crippen LogP contribution in [0, 0.1) is 4.91 Å². The second-order valence-corrected chi connectivity index (χ2v) is 5.57. The van der Waals surface area contributed by atoms with Gasteiger partial charge in [0.2, 0.25) is 0 Å². The van der Waals surface area contributed by atoms with Gasteiger partial charge in [0.25, 0.3) is 0 Å². The van der Waals surface area contributed by atoms with Crippen molar-refractivity contribution in [3.63, 3.8) is 0 Å². The van der Waals surface area contributed by atoms with Gasteiger partial charge in [0.1, 0.15) is 5.69 Å². The quantitative estimate of drug-likeness (QED) is 0.417. The summed E-state index contributed by atoms with van der Waals surface area (Å²) in [5.74, 6) is -0.625. The summed E-state index contributed by atoms with van der Waals surface area (Å²) in [7, 11) is 0. The molecule has 0 saturated heterocycles. The SMILES string of the molecule is CCCCOC(=O)c1nc(-c2cccc(Br)c2)ccc1N=O. The number of hydrogen-bond donors (Lipinski definition) is 0. The Bertz CT molecular complexity index is 689. The highest BCUT2D eigenvalue weighted by molar-refractivity contribution is 9.10. The van der Waals surface area contributed by atoms with Crippen LogP contribution in [0.1, 0.15) is 30.3 Å². The summed E-state index contributed by atoms with van der Waals surface area (Å²) in [6, 6.07) is 10.6. The Hall–Kier alpha value is -2.08. The van der Waals surface area contributed by atoms with Crippen LogP contribution in [0.5, 0.6) is 0 Å². The van der Waals surface area contributed by atoms with Crippen molar-refractivity contribution in [1.82, 2.24) is 4.98 Å². The molecule has 6 heteroatoms. The summed E-state index contributed by atoms with van der Waals surface area (Å²) in [4.78, 5) is 27.2. The van der Waals surface area contributed by atoms with Gasteiger partial charge in [-0.05, 0) is 35.9 Å². The van der Waals surface area contributed by atoms with Crippen LogP contribution in [0.4, 0.5) is 5.69 Å². The topological polar surface area (TPSA) is 68.6 Å². The van der Waals surface area contributed by atoms with Crippen LogP contribution in [0.25, 0.3) is 11.3 Å². The van der Waals surface area contributed by atoms with Crippen LogP contribution in [0.2, 0.25) is 0 Å². The van der Waals surface area contributed by atoms with Crippen molar-refractivity contribution in [3.05, 3.63) is 51.5 Å². The molecule has 0 fully saturated rings. The van der Waals surface area contributed by atoms with E-state index in [-0.39, 0.29) is 11.4 Å². The van der Waals surface area contributed by atoms with E-state index < -0.39 is 5.97 Å². The molecule has 0 aliphatic rings. The number of esters is 1. The van der Waals surface area contributed by atoms with Crippen LogP contribution < -0.4 is 0 Å². The molecule has 2 aromatic rings. The predicted molar refractivity (Wildman–Crippen MR) is 88.0 cm³/mol. The van der Waals surface area contributed by atoms with Gasteiger partial charge in [0.15, 0.2) is 5.69 Å². The lowest BCUT2D eigenvalue weighted by atomic mass is 10.1. The van der Waals surface area contributed by atoms with Gasteiger partial charge in [-0.2, -0.15) is 0 Å². The molecule has 1 aromatic carbocycles. The zero-order chi connectivity index (χ0) is 15.9. The summed E-state index contributed by atoms with van der Waals surface area (Å²) in [5.41, 5.74) is 1.34. The molecule has 0 N–H and O–H groups in total. The van der Waals surface area contributed by atoms with Crippen LogP contribution in [0.3, 0.4) is 0 Å². The van der Waals surface area contributed by atoms with Crippen molar-refractivity contribution in [2.24, 2.45) is 5.18 Å². The molecule has 0 atom stereocenters. The van der Waals surface area contributed by atoms with Gasteiger partial charge in [-0.1, -0.05) is 41.4 Å². The van der Waals surface area contributed by atoms with Crippen molar-refractivity contribution in [1.29, 1.82) is 0 Å². The average Bonchev–Trinajstić information content (AvgIpc) is 2.54. The minimum Gasteiger partial charge on any atom is -0.461 e. The van der Waals surface area contributed by atoms with Gasteiger partial charge in [-0.25, -0.2) is 9.78 Å². The second kappa shape index (κ2) is 7.79. The molecular weight excluding hydrogens is 348 g/mol. The lowest BCUT2D eigenvalue weighted by Gasteiger charge is -2.07. The normalized spacial score (nSPS) is 10.3. The lowest BCUT2D eigenvalue weighted by Crippen LogP contribution is -2.09. The Balaban J connectivity index is 2.33. The molecule has 1 aromatic heterocycles. The fraction of sp³-hybridized carbons (Fsp3) is 0.250. The van der Waals surface area contributed by atoms with E-state index in [1.165, 1.54) is 6.07 Å². The van der Waals surface area contributed by atoms with E-state index in [4.69, 9.17) is 4.74 Å². The third-order valence-electron chi connectivity index (χ3n) is 3.02. The van der Waals surface area contributed by atoms with E-state index in [0.717, 1.165) is 22.9 Å². The Morgan fingerprint density at radius 1 is 1.32 bits per heavy atom. The highest BCUT2D eigenvalue weighted by Crippen LogP contribution is 2.26. The number of ether oxygens (including phenoxy) is 1. The van der Waals surface area contributed by atoms with E-state index in [1.807, 2.05) is 31.2 Å². The number of halogens is 1. The maximum absolute atomic E-state index is 12.1. The molecule has 114 valence electrons. The molecule has 0 bridgehead atoms. The molecule has 22 heavy (non-hydrogen) atoms. The van der Waals surface area contributed by atoms with Crippen LogP contribution >= 0.6 is 15.9 Å². The first-order valence-electron chi connectivity index (χ1n) is 6.93. The Kier molecular flexibility index (Phi) is 5.77. The summed E-state index contributed by atoms with van der Waals surface area (Å²) in [6.07, 6.45) is 1.68. The largest absolute Gasteiger partial charge is 0.461 e. The maximum atomic E-state index is 12.1. The number of rotatable bonds is 6. The molecule has 0 aliphatic heterocycles. The number of aromatic nitrogens is 1. The Morgan fingerprint density at radius 2 is 2.14 bits per heavy atom. The molecule has 5 nitrogen and oxygen atoms in total. The minimum atomic E-state index is -0.625. The number of unbranched alkanes of at least 4 members (excludes halogenated alkanes) is 1. The number of hydrogen-bond acceptors (Lipinski definition) is 5. The molecule has 1 heterocycles. The number of nitroso groups, excluding NO2 is 1. The summed E-state index contributed by atoms with van der Waals surface area (Å²) in [6.45, 7) is 2.30. The van der Waals surface area contributed by atoms with Crippen molar-refractivity contribution >= 4 is 27.6 Å². The van der Waals surface area contributed by atoms with Gasteiger partial charge < -0.3 is 4.74 Å². The van der Waals surface area contributed by atoms with E-state index in [2.05, 4.69) is 26.1 Å². The lowest BCUT2D eigenvalue weighted by molar-refractivity contribution is 0.0494. The standard InChI is InChI=1S/C16H15BrN2O3/c1-2-3-9-22-16(20)15-14(19-21)8-7-13(18-15)11-5-4-6-12(17)10-11/h4-8,10H,2-3,9H2,1H3. The van der Waals surface area contributed by atoms with Crippen molar-refractivity contribution in [3.8, 4) is 11.3 Å². The number of carbonyl (C=O) groups is 1. The molecule has 0 radical (unpaired) electrons. The molecule has 0 saturated carbocycles. The highest BCUT2D eigenvalue weighted by atomic mass is 79.9. The van der Waals surface area contributed by atoms with E-state index in [9.17, 15) is 9.70 Å². The number of carbonyl (C=O) groups excluding carboxylic acids is 1. The number of pyridine rings is 1. The third-order valence-corrected chi connectivity index (χ3v) is 3.51. The van der Waals surface area contributed by atoms with E-state index >= 15 is 0 Å². The zero-order valence-corrected chi connectivity index (χ0v) is 13.7. The molecular formula is C16H15BrN2O3. The fourth-order valence-electron chi connectivity index (χ4n) is 1.86. The van der Waals surface area contributed by atoms with Crippen molar-refractivity contribution in [2.45, 2.75) is 19.8 Å². The van der Waals surface area contributed by atoms with Crippen LogP contribution in [0.15, 0.2) is 46.0 Å². The first-order valence-corrected chi connectivity index (χ1v) is 7.72. The van der Waals surface area contributed by atoms with Crippen molar-refractivity contribution in [2.75, 3.05) is 6.61 Å². The summed E-state index contributed by atoms with van der Waals surface area (Å²) >= 11 is 3.39.